The molecule has 2 aromatic rings. The van der Waals surface area contributed by atoms with Crippen molar-refractivity contribution in [3.8, 4) is 0 Å². The topological polar surface area (TPSA) is 41.6 Å². The molecule has 21 heavy (non-hydrogen) atoms. The summed E-state index contributed by atoms with van der Waals surface area (Å²) in [5.41, 5.74) is 0.852. The van der Waals surface area contributed by atoms with Crippen LogP contribution in [0.3, 0.4) is 0 Å². The SMILES string of the molecule is CC1CN(C(=O)Nc2cccc3ccccc23)CC(C)O1. The van der Waals surface area contributed by atoms with Crippen LogP contribution in [0.25, 0.3) is 10.8 Å². The smallest absolute Gasteiger partial charge is 0.322 e. The number of nitrogens with zero attached hydrogens (tertiary/aromatic N) is 1. The number of ether oxygens (including phenoxy) is 1. The molecule has 0 aliphatic carbocycles. The minimum absolute atomic E-state index is 0.0617. The average Bonchev–Trinajstić information content (AvgIpc) is 2.46. The van der Waals surface area contributed by atoms with Crippen LogP contribution in [0.5, 0.6) is 0 Å². The van der Waals surface area contributed by atoms with Crippen molar-refractivity contribution in [2.75, 3.05) is 18.4 Å². The van der Waals surface area contributed by atoms with Crippen molar-refractivity contribution in [2.24, 2.45) is 0 Å². The van der Waals surface area contributed by atoms with Crippen molar-refractivity contribution in [3.05, 3.63) is 42.5 Å². The van der Waals surface area contributed by atoms with Gasteiger partial charge in [0.1, 0.15) is 0 Å². The van der Waals surface area contributed by atoms with Gasteiger partial charge in [-0.1, -0.05) is 36.4 Å². The zero-order chi connectivity index (χ0) is 14.8. The fourth-order valence-corrected chi connectivity index (χ4v) is 2.87. The normalized spacial score (nSPS) is 22.3. The number of hydrogen-bond donors (Lipinski definition) is 1. The third-order valence-electron chi connectivity index (χ3n) is 3.74. The third kappa shape index (κ3) is 3.00. The summed E-state index contributed by atoms with van der Waals surface area (Å²) in [7, 11) is 0. The number of rotatable bonds is 1. The van der Waals surface area contributed by atoms with Crippen molar-refractivity contribution >= 4 is 22.5 Å². The molecule has 0 aromatic heterocycles. The molecule has 1 aliphatic rings. The molecule has 0 bridgehead atoms. The van der Waals surface area contributed by atoms with Crippen LogP contribution in [0.15, 0.2) is 42.5 Å². The number of fused-ring (bicyclic) bond motifs is 1. The van der Waals surface area contributed by atoms with Crippen LogP contribution in [-0.4, -0.2) is 36.2 Å². The van der Waals surface area contributed by atoms with Crippen molar-refractivity contribution in [2.45, 2.75) is 26.1 Å². The Morgan fingerprint density at radius 2 is 1.76 bits per heavy atom. The van der Waals surface area contributed by atoms with Gasteiger partial charge in [-0.2, -0.15) is 0 Å². The van der Waals surface area contributed by atoms with Crippen LogP contribution >= 0.6 is 0 Å². The highest BCUT2D eigenvalue weighted by molar-refractivity contribution is 6.01. The lowest BCUT2D eigenvalue weighted by Crippen LogP contribution is -2.49. The van der Waals surface area contributed by atoms with Crippen molar-refractivity contribution in [1.29, 1.82) is 0 Å². The number of benzene rings is 2. The lowest BCUT2D eigenvalue weighted by Gasteiger charge is -2.35. The first-order valence-corrected chi connectivity index (χ1v) is 7.32. The quantitative estimate of drug-likeness (QED) is 0.871. The summed E-state index contributed by atoms with van der Waals surface area (Å²) in [6.45, 7) is 5.24. The molecule has 1 aliphatic heterocycles. The molecule has 1 heterocycles. The van der Waals surface area contributed by atoms with E-state index in [9.17, 15) is 4.79 Å². The van der Waals surface area contributed by atoms with Gasteiger partial charge < -0.3 is 15.0 Å². The Balaban J connectivity index is 1.80. The average molecular weight is 284 g/mol. The van der Waals surface area contributed by atoms with Gasteiger partial charge in [0.2, 0.25) is 0 Å². The number of urea groups is 1. The molecular weight excluding hydrogens is 264 g/mol. The Kier molecular flexibility index (Phi) is 3.80. The van der Waals surface area contributed by atoms with E-state index < -0.39 is 0 Å². The number of carbonyl (C=O) groups is 1. The zero-order valence-electron chi connectivity index (χ0n) is 12.4. The van der Waals surface area contributed by atoms with Crippen LogP contribution in [0.4, 0.5) is 10.5 Å². The number of amides is 2. The minimum Gasteiger partial charge on any atom is -0.372 e. The maximum Gasteiger partial charge on any atom is 0.322 e. The van der Waals surface area contributed by atoms with E-state index in [1.807, 2.05) is 61.2 Å². The van der Waals surface area contributed by atoms with E-state index in [-0.39, 0.29) is 18.2 Å². The molecule has 3 rings (SSSR count). The Bertz CT molecular complexity index is 641. The van der Waals surface area contributed by atoms with E-state index in [1.54, 1.807) is 0 Å². The van der Waals surface area contributed by atoms with Crippen molar-refractivity contribution in [3.63, 3.8) is 0 Å². The van der Waals surface area contributed by atoms with Crippen molar-refractivity contribution < 1.29 is 9.53 Å². The maximum absolute atomic E-state index is 12.5. The standard InChI is InChI=1S/C17H20N2O2/c1-12-10-19(11-13(2)21-12)17(20)18-16-9-5-7-14-6-3-4-8-15(14)16/h3-9,12-13H,10-11H2,1-2H3,(H,18,20). The lowest BCUT2D eigenvalue weighted by atomic mass is 10.1. The van der Waals surface area contributed by atoms with Gasteiger partial charge in [0.15, 0.2) is 0 Å². The molecule has 0 spiro atoms. The van der Waals surface area contributed by atoms with E-state index >= 15 is 0 Å². The first-order valence-electron chi connectivity index (χ1n) is 7.32. The minimum atomic E-state index is -0.0617. The van der Waals surface area contributed by atoms with Crippen LogP contribution in [0.1, 0.15) is 13.8 Å². The fourth-order valence-electron chi connectivity index (χ4n) is 2.87. The molecule has 2 unspecified atom stereocenters. The van der Waals surface area contributed by atoms with Gasteiger partial charge in [-0.05, 0) is 25.3 Å². The third-order valence-corrected chi connectivity index (χ3v) is 3.74. The number of hydrogen-bond acceptors (Lipinski definition) is 2. The molecule has 1 N–H and O–H groups in total. The van der Waals surface area contributed by atoms with E-state index in [4.69, 9.17) is 4.74 Å². The molecule has 2 amide bonds. The molecule has 4 heteroatoms. The molecular formula is C17H20N2O2. The van der Waals surface area contributed by atoms with Crippen LogP contribution in [0, 0.1) is 0 Å². The number of nitrogens with one attached hydrogen (secondary N) is 1. The van der Waals surface area contributed by atoms with Gasteiger partial charge >= 0.3 is 6.03 Å². The Hall–Kier alpha value is -2.07. The van der Waals surface area contributed by atoms with E-state index in [2.05, 4.69) is 5.32 Å². The van der Waals surface area contributed by atoms with Crippen LogP contribution in [0.2, 0.25) is 0 Å². The molecule has 0 radical (unpaired) electrons. The highest BCUT2D eigenvalue weighted by atomic mass is 16.5. The lowest BCUT2D eigenvalue weighted by molar-refractivity contribution is -0.0530. The summed E-state index contributed by atoms with van der Waals surface area (Å²) < 4.78 is 5.67. The predicted molar refractivity (Wildman–Crippen MR) is 84.5 cm³/mol. The second-order valence-corrected chi connectivity index (χ2v) is 5.62. The summed E-state index contributed by atoms with van der Waals surface area (Å²) in [5.74, 6) is 0. The summed E-state index contributed by atoms with van der Waals surface area (Å²) in [5, 5.41) is 5.21. The summed E-state index contributed by atoms with van der Waals surface area (Å²) in [6.07, 6.45) is 0.152. The summed E-state index contributed by atoms with van der Waals surface area (Å²) in [4.78, 5) is 14.3. The fraction of sp³-hybridized carbons (Fsp3) is 0.353. The number of carbonyl (C=O) groups excluding carboxylic acids is 1. The van der Waals surface area contributed by atoms with Gasteiger partial charge in [0.25, 0.3) is 0 Å². The molecule has 2 aromatic carbocycles. The second-order valence-electron chi connectivity index (χ2n) is 5.62. The monoisotopic (exact) mass is 284 g/mol. The van der Waals surface area contributed by atoms with E-state index in [0.717, 1.165) is 16.5 Å². The Morgan fingerprint density at radius 1 is 1.10 bits per heavy atom. The van der Waals surface area contributed by atoms with Gasteiger partial charge in [-0.3, -0.25) is 0 Å². The maximum atomic E-state index is 12.5. The Morgan fingerprint density at radius 3 is 2.52 bits per heavy atom. The van der Waals surface area contributed by atoms with Gasteiger partial charge in [-0.15, -0.1) is 0 Å². The largest absolute Gasteiger partial charge is 0.372 e. The Labute approximate surface area is 124 Å². The predicted octanol–water partition coefficient (Wildman–Crippen LogP) is 3.48. The second kappa shape index (κ2) is 5.74. The van der Waals surface area contributed by atoms with Crippen LogP contribution in [-0.2, 0) is 4.74 Å². The highest BCUT2D eigenvalue weighted by Gasteiger charge is 2.26. The highest BCUT2D eigenvalue weighted by Crippen LogP contribution is 2.23. The van der Waals surface area contributed by atoms with Gasteiger partial charge in [-0.25, -0.2) is 4.79 Å². The summed E-state index contributed by atoms with van der Waals surface area (Å²) in [6, 6.07) is 13.9. The zero-order valence-corrected chi connectivity index (χ0v) is 12.4. The number of morpholine rings is 1. The van der Waals surface area contributed by atoms with Crippen LogP contribution < -0.4 is 5.32 Å². The van der Waals surface area contributed by atoms with Gasteiger partial charge in [0, 0.05) is 18.5 Å². The first-order chi connectivity index (χ1) is 10.1. The number of anilines is 1. The molecule has 1 fully saturated rings. The molecule has 4 nitrogen and oxygen atoms in total. The van der Waals surface area contributed by atoms with E-state index in [1.165, 1.54) is 0 Å². The molecule has 2 atom stereocenters. The van der Waals surface area contributed by atoms with E-state index in [0.29, 0.717) is 13.1 Å². The van der Waals surface area contributed by atoms with Gasteiger partial charge in [0.05, 0.1) is 17.9 Å². The first kappa shape index (κ1) is 13.9. The molecule has 110 valence electrons. The molecule has 0 saturated carbocycles. The molecule has 1 saturated heterocycles. The van der Waals surface area contributed by atoms with Crippen molar-refractivity contribution in [1.82, 2.24) is 4.90 Å². The summed E-state index contributed by atoms with van der Waals surface area (Å²) >= 11 is 0.